The van der Waals surface area contributed by atoms with Gasteiger partial charge in [-0.2, -0.15) is 0 Å². The van der Waals surface area contributed by atoms with E-state index in [4.69, 9.17) is 0 Å². The Morgan fingerprint density at radius 2 is 1.81 bits per heavy atom. The van der Waals surface area contributed by atoms with Crippen molar-refractivity contribution in [2.45, 2.75) is 13.5 Å². The van der Waals surface area contributed by atoms with Crippen molar-refractivity contribution in [1.29, 1.82) is 0 Å². The Hall–Kier alpha value is -3.32. The normalized spacial score (nSPS) is 11.0. The Kier molecular flexibility index (Phi) is 4.29. The minimum absolute atomic E-state index is 0.328. The highest BCUT2D eigenvalue weighted by Gasteiger charge is 2.19. The Bertz CT molecular complexity index is 1200. The van der Waals surface area contributed by atoms with E-state index in [1.54, 1.807) is 24.5 Å². The average molecular weight is 377 g/mol. The van der Waals surface area contributed by atoms with Gasteiger partial charge in [0.05, 0.1) is 5.39 Å². The predicted molar refractivity (Wildman–Crippen MR) is 105 cm³/mol. The number of fused-ring (bicyclic) bond motifs is 1. The van der Waals surface area contributed by atoms with Gasteiger partial charge in [-0.15, -0.1) is 11.3 Å². The number of thiophene rings is 1. The smallest absolute Gasteiger partial charge is 0.323 e. The molecule has 134 valence electrons. The molecule has 0 saturated carbocycles. The van der Waals surface area contributed by atoms with Crippen molar-refractivity contribution in [1.82, 2.24) is 14.5 Å². The van der Waals surface area contributed by atoms with Crippen LogP contribution < -0.4 is 5.56 Å². The van der Waals surface area contributed by atoms with E-state index >= 15 is 0 Å². The van der Waals surface area contributed by atoms with Crippen LogP contribution in [0.15, 0.2) is 59.0 Å². The summed E-state index contributed by atoms with van der Waals surface area (Å²) < 4.78 is 1.21. The van der Waals surface area contributed by atoms with Gasteiger partial charge in [-0.1, -0.05) is 29.8 Å². The third kappa shape index (κ3) is 3.13. The maximum absolute atomic E-state index is 13.2. The van der Waals surface area contributed by atoms with Crippen LogP contribution in [0.4, 0.5) is 0 Å². The van der Waals surface area contributed by atoms with E-state index in [0.717, 1.165) is 16.7 Å². The third-order valence-corrected chi connectivity index (χ3v) is 5.16. The van der Waals surface area contributed by atoms with Crippen LogP contribution in [0.2, 0.25) is 0 Å². The van der Waals surface area contributed by atoms with Gasteiger partial charge in [0.25, 0.3) is 5.56 Å². The summed E-state index contributed by atoms with van der Waals surface area (Å²) in [7, 11) is 0. The van der Waals surface area contributed by atoms with Gasteiger partial charge in [-0.05, 0) is 24.6 Å². The quantitative estimate of drug-likeness (QED) is 0.588. The number of pyridine rings is 1. The number of aromatic nitrogens is 3. The Labute approximate surface area is 158 Å². The molecule has 0 radical (unpaired) electrons. The first-order valence-electron chi connectivity index (χ1n) is 8.26. The van der Waals surface area contributed by atoms with E-state index < -0.39 is 12.5 Å². The van der Waals surface area contributed by atoms with E-state index in [9.17, 15) is 14.7 Å². The number of hydrogen-bond donors (Lipinski definition) is 1. The van der Waals surface area contributed by atoms with Gasteiger partial charge in [0.2, 0.25) is 0 Å². The van der Waals surface area contributed by atoms with E-state index in [-0.39, 0.29) is 5.56 Å². The highest BCUT2D eigenvalue weighted by atomic mass is 32.1. The van der Waals surface area contributed by atoms with Gasteiger partial charge in [-0.25, -0.2) is 4.98 Å². The molecule has 0 aliphatic heterocycles. The lowest BCUT2D eigenvalue weighted by atomic mass is 10.0. The molecule has 3 heterocycles. The minimum Gasteiger partial charge on any atom is -0.480 e. The third-order valence-electron chi connectivity index (χ3n) is 4.29. The molecule has 0 aliphatic rings. The lowest BCUT2D eigenvalue weighted by Gasteiger charge is -2.11. The zero-order valence-corrected chi connectivity index (χ0v) is 15.2. The number of rotatable bonds is 4. The summed E-state index contributed by atoms with van der Waals surface area (Å²) in [5, 5.41) is 11.6. The van der Waals surface area contributed by atoms with Crippen LogP contribution in [0.5, 0.6) is 0 Å². The van der Waals surface area contributed by atoms with Crippen LogP contribution in [0.3, 0.4) is 0 Å². The van der Waals surface area contributed by atoms with Crippen molar-refractivity contribution in [3.8, 4) is 22.5 Å². The summed E-state index contributed by atoms with van der Waals surface area (Å²) in [4.78, 5) is 33.8. The van der Waals surface area contributed by atoms with Gasteiger partial charge >= 0.3 is 5.97 Å². The number of hydrogen-bond acceptors (Lipinski definition) is 5. The SMILES string of the molecule is Cc1ccc(-c2csc3nc(-c4ccncc4)n(CC(=O)O)c(=O)c23)cc1. The van der Waals surface area contributed by atoms with Crippen LogP contribution in [0.1, 0.15) is 5.56 Å². The van der Waals surface area contributed by atoms with E-state index in [0.29, 0.717) is 21.6 Å². The van der Waals surface area contributed by atoms with Crippen LogP contribution in [0, 0.1) is 6.92 Å². The summed E-state index contributed by atoms with van der Waals surface area (Å²) in [5.41, 5.74) is 3.10. The Morgan fingerprint density at radius 3 is 2.48 bits per heavy atom. The summed E-state index contributed by atoms with van der Waals surface area (Å²) in [6.07, 6.45) is 3.17. The van der Waals surface area contributed by atoms with Gasteiger partial charge < -0.3 is 5.11 Å². The Balaban J connectivity index is 2.01. The average Bonchev–Trinajstić information content (AvgIpc) is 3.09. The number of aliphatic carboxylic acids is 1. The second-order valence-corrected chi connectivity index (χ2v) is 7.01. The van der Waals surface area contributed by atoms with Crippen LogP contribution in [-0.2, 0) is 11.3 Å². The highest BCUT2D eigenvalue weighted by molar-refractivity contribution is 7.17. The first-order chi connectivity index (χ1) is 13.0. The molecule has 6 nitrogen and oxygen atoms in total. The molecule has 0 bridgehead atoms. The summed E-state index contributed by atoms with van der Waals surface area (Å²) in [6, 6.07) is 11.3. The van der Waals surface area contributed by atoms with Gasteiger partial charge in [0.1, 0.15) is 17.2 Å². The summed E-state index contributed by atoms with van der Waals surface area (Å²) in [5.74, 6) is -0.768. The standard InChI is InChI=1S/C20H15N3O3S/c1-12-2-4-13(5-3-12)15-11-27-19-17(15)20(26)23(10-16(24)25)18(22-19)14-6-8-21-9-7-14/h2-9,11H,10H2,1H3,(H,24,25). The van der Waals surface area contributed by atoms with Crippen LogP contribution >= 0.6 is 11.3 Å². The number of nitrogens with zero attached hydrogens (tertiary/aromatic N) is 3. The minimum atomic E-state index is -1.10. The fraction of sp³-hybridized carbons (Fsp3) is 0.100. The van der Waals surface area contributed by atoms with Gasteiger partial charge in [-0.3, -0.25) is 19.1 Å². The van der Waals surface area contributed by atoms with Crippen LogP contribution in [0.25, 0.3) is 32.7 Å². The van der Waals surface area contributed by atoms with Crippen molar-refractivity contribution in [3.63, 3.8) is 0 Å². The number of carboxylic acids is 1. The molecule has 0 atom stereocenters. The van der Waals surface area contributed by atoms with Gasteiger partial charge in [0.15, 0.2) is 0 Å². The maximum atomic E-state index is 13.2. The molecule has 0 spiro atoms. The van der Waals surface area contributed by atoms with Crippen molar-refractivity contribution >= 4 is 27.5 Å². The van der Waals surface area contributed by atoms with E-state index in [1.165, 1.54) is 15.9 Å². The molecule has 7 heteroatoms. The first-order valence-corrected chi connectivity index (χ1v) is 9.14. The first kappa shape index (κ1) is 17.1. The lowest BCUT2D eigenvalue weighted by molar-refractivity contribution is -0.137. The maximum Gasteiger partial charge on any atom is 0.323 e. The molecule has 0 saturated heterocycles. The second kappa shape index (κ2) is 6.77. The molecule has 3 aromatic heterocycles. The van der Waals surface area contributed by atoms with E-state index in [2.05, 4.69) is 9.97 Å². The highest BCUT2D eigenvalue weighted by Crippen LogP contribution is 2.32. The molecular formula is C20H15N3O3S. The van der Waals surface area contributed by atoms with E-state index in [1.807, 2.05) is 36.6 Å². The monoisotopic (exact) mass is 377 g/mol. The molecule has 0 fully saturated rings. The molecule has 1 N–H and O–H groups in total. The van der Waals surface area contributed by atoms with Crippen molar-refractivity contribution < 1.29 is 9.90 Å². The van der Waals surface area contributed by atoms with Gasteiger partial charge in [0, 0.05) is 28.9 Å². The summed E-state index contributed by atoms with van der Waals surface area (Å²) in [6.45, 7) is 1.54. The van der Waals surface area contributed by atoms with Crippen molar-refractivity contribution in [3.05, 3.63) is 70.1 Å². The predicted octanol–water partition coefficient (Wildman–Crippen LogP) is 3.58. The molecular weight excluding hydrogens is 362 g/mol. The topological polar surface area (TPSA) is 85.1 Å². The molecule has 0 amide bonds. The fourth-order valence-electron chi connectivity index (χ4n) is 2.97. The lowest BCUT2D eigenvalue weighted by Crippen LogP contribution is -2.26. The zero-order chi connectivity index (χ0) is 19.0. The molecule has 4 aromatic rings. The Morgan fingerprint density at radius 1 is 1.11 bits per heavy atom. The zero-order valence-electron chi connectivity index (χ0n) is 14.4. The molecule has 0 unspecified atom stereocenters. The van der Waals surface area contributed by atoms with Crippen molar-refractivity contribution in [2.24, 2.45) is 0 Å². The molecule has 1 aromatic carbocycles. The molecule has 0 aliphatic carbocycles. The number of carboxylic acid groups (broad SMARTS) is 1. The number of aryl methyl sites for hydroxylation is 1. The van der Waals surface area contributed by atoms with Crippen LogP contribution in [-0.4, -0.2) is 25.6 Å². The van der Waals surface area contributed by atoms with Crippen molar-refractivity contribution in [2.75, 3.05) is 0 Å². The summed E-state index contributed by atoms with van der Waals surface area (Å²) >= 11 is 1.38. The second-order valence-electron chi connectivity index (χ2n) is 6.15. The largest absolute Gasteiger partial charge is 0.480 e. The molecule has 27 heavy (non-hydrogen) atoms. The fourth-order valence-corrected chi connectivity index (χ4v) is 3.91. The number of carbonyl (C=O) groups is 1. The number of benzene rings is 1. The molecule has 4 rings (SSSR count).